The highest BCUT2D eigenvalue weighted by Gasteiger charge is 2.34. The van der Waals surface area contributed by atoms with Crippen molar-refractivity contribution in [2.75, 3.05) is 5.32 Å². The number of carbonyl (C=O) groups excluding carboxylic acids is 1. The number of pyridine rings is 1. The van der Waals surface area contributed by atoms with Gasteiger partial charge in [0.25, 0.3) is 0 Å². The van der Waals surface area contributed by atoms with Crippen LogP contribution in [0, 0.1) is 11.6 Å². The van der Waals surface area contributed by atoms with Gasteiger partial charge < -0.3 is 11.1 Å². The number of rotatable bonds is 4. The van der Waals surface area contributed by atoms with E-state index in [2.05, 4.69) is 10.3 Å². The maximum atomic E-state index is 13.3. The largest absolute Gasteiger partial charge is 0.368 e. The third-order valence-corrected chi connectivity index (χ3v) is 2.99. The van der Waals surface area contributed by atoms with E-state index in [1.807, 2.05) is 0 Å². The quantitative estimate of drug-likeness (QED) is 0.900. The summed E-state index contributed by atoms with van der Waals surface area (Å²) < 4.78 is 26.4. The molecule has 2 rings (SSSR count). The van der Waals surface area contributed by atoms with Gasteiger partial charge in [0.15, 0.2) is 0 Å². The molecule has 1 unspecified atom stereocenters. The first kappa shape index (κ1) is 13.9. The Balaban J connectivity index is 2.42. The third-order valence-electron chi connectivity index (χ3n) is 2.99. The molecule has 0 radical (unpaired) electrons. The van der Waals surface area contributed by atoms with Crippen LogP contribution >= 0.6 is 0 Å². The van der Waals surface area contributed by atoms with E-state index in [9.17, 15) is 13.6 Å². The van der Waals surface area contributed by atoms with Gasteiger partial charge in [0.05, 0.1) is 6.20 Å². The lowest BCUT2D eigenvalue weighted by Crippen LogP contribution is -2.45. The molecule has 0 saturated carbocycles. The molecule has 0 saturated heterocycles. The summed E-state index contributed by atoms with van der Waals surface area (Å²) in [5.74, 6) is -1.77. The van der Waals surface area contributed by atoms with Gasteiger partial charge in [-0.1, -0.05) is 6.07 Å². The van der Waals surface area contributed by atoms with Crippen LogP contribution in [0.3, 0.4) is 0 Å². The predicted octanol–water partition coefficient (Wildman–Crippen LogP) is 2.17. The molecule has 3 N–H and O–H groups in total. The molecule has 1 aromatic heterocycles. The summed E-state index contributed by atoms with van der Waals surface area (Å²) in [6.45, 7) is 1.48. The standard InChI is InChI=1S/C14H13F2N3O/c1-14(13(17)20,9-5-11(16)8-18-7-9)19-12-4-2-3-10(15)6-12/h2-8,19H,1H3,(H2,17,20). The number of hydrogen-bond donors (Lipinski definition) is 2. The summed E-state index contributed by atoms with van der Waals surface area (Å²) in [4.78, 5) is 15.4. The molecule has 0 aliphatic rings. The van der Waals surface area contributed by atoms with Crippen LogP contribution < -0.4 is 11.1 Å². The van der Waals surface area contributed by atoms with Crippen molar-refractivity contribution in [2.45, 2.75) is 12.5 Å². The van der Waals surface area contributed by atoms with E-state index < -0.39 is 23.1 Å². The Morgan fingerprint density at radius 3 is 2.60 bits per heavy atom. The molecule has 0 aliphatic carbocycles. The van der Waals surface area contributed by atoms with Crippen molar-refractivity contribution in [1.29, 1.82) is 0 Å². The number of primary amides is 1. The van der Waals surface area contributed by atoms with Crippen molar-refractivity contribution in [1.82, 2.24) is 4.98 Å². The minimum absolute atomic E-state index is 0.259. The van der Waals surface area contributed by atoms with Crippen molar-refractivity contribution in [2.24, 2.45) is 5.73 Å². The van der Waals surface area contributed by atoms with E-state index in [0.29, 0.717) is 5.69 Å². The van der Waals surface area contributed by atoms with Crippen molar-refractivity contribution in [3.05, 3.63) is 59.9 Å². The molecule has 0 aliphatic heterocycles. The fourth-order valence-electron chi connectivity index (χ4n) is 1.82. The van der Waals surface area contributed by atoms with Gasteiger partial charge >= 0.3 is 0 Å². The predicted molar refractivity (Wildman–Crippen MR) is 70.8 cm³/mol. The molecular formula is C14H13F2N3O. The van der Waals surface area contributed by atoms with E-state index >= 15 is 0 Å². The number of benzene rings is 1. The van der Waals surface area contributed by atoms with E-state index in [4.69, 9.17) is 5.73 Å². The molecule has 0 bridgehead atoms. The maximum absolute atomic E-state index is 13.3. The highest BCUT2D eigenvalue weighted by Crippen LogP contribution is 2.26. The summed E-state index contributed by atoms with van der Waals surface area (Å²) in [5.41, 5.74) is 4.61. The van der Waals surface area contributed by atoms with Gasteiger partial charge in [0.1, 0.15) is 17.2 Å². The van der Waals surface area contributed by atoms with Crippen LogP contribution in [-0.4, -0.2) is 10.9 Å². The average molecular weight is 277 g/mol. The number of nitrogens with zero attached hydrogens (tertiary/aromatic N) is 1. The number of carbonyl (C=O) groups is 1. The highest BCUT2D eigenvalue weighted by molar-refractivity contribution is 5.88. The zero-order chi connectivity index (χ0) is 14.8. The maximum Gasteiger partial charge on any atom is 0.247 e. The lowest BCUT2D eigenvalue weighted by atomic mass is 9.92. The molecule has 0 fully saturated rings. The van der Waals surface area contributed by atoms with Crippen molar-refractivity contribution >= 4 is 11.6 Å². The average Bonchev–Trinajstić information content (AvgIpc) is 2.38. The summed E-state index contributed by atoms with van der Waals surface area (Å²) in [7, 11) is 0. The van der Waals surface area contributed by atoms with Crippen molar-refractivity contribution in [3.63, 3.8) is 0 Å². The Labute approximate surface area is 114 Å². The molecule has 2 aromatic rings. The lowest BCUT2D eigenvalue weighted by Gasteiger charge is -2.28. The molecular weight excluding hydrogens is 264 g/mol. The molecule has 1 heterocycles. The number of halogens is 2. The normalized spacial score (nSPS) is 13.6. The second-order valence-electron chi connectivity index (χ2n) is 4.52. The molecule has 1 atom stereocenters. The van der Waals surface area contributed by atoms with E-state index in [1.165, 1.54) is 31.3 Å². The van der Waals surface area contributed by atoms with Gasteiger partial charge in [-0.3, -0.25) is 9.78 Å². The molecule has 0 spiro atoms. The summed E-state index contributed by atoms with van der Waals surface area (Å²) in [6, 6.07) is 6.72. The van der Waals surface area contributed by atoms with Gasteiger partial charge in [0, 0.05) is 17.4 Å². The number of amides is 1. The van der Waals surface area contributed by atoms with Gasteiger partial charge in [-0.05, 0) is 31.2 Å². The van der Waals surface area contributed by atoms with Crippen molar-refractivity contribution in [3.8, 4) is 0 Å². The Morgan fingerprint density at radius 2 is 2.00 bits per heavy atom. The van der Waals surface area contributed by atoms with Crippen LogP contribution in [0.2, 0.25) is 0 Å². The fraction of sp³-hybridized carbons (Fsp3) is 0.143. The minimum Gasteiger partial charge on any atom is -0.368 e. The monoisotopic (exact) mass is 277 g/mol. The van der Waals surface area contributed by atoms with Gasteiger partial charge in [-0.2, -0.15) is 0 Å². The van der Waals surface area contributed by atoms with E-state index in [1.54, 1.807) is 6.07 Å². The number of nitrogens with two attached hydrogens (primary N) is 1. The second-order valence-corrected chi connectivity index (χ2v) is 4.52. The Bertz CT molecular complexity index is 648. The Hall–Kier alpha value is -2.50. The molecule has 1 aromatic carbocycles. The Morgan fingerprint density at radius 1 is 1.25 bits per heavy atom. The van der Waals surface area contributed by atoms with Gasteiger partial charge in [-0.25, -0.2) is 8.78 Å². The molecule has 20 heavy (non-hydrogen) atoms. The summed E-state index contributed by atoms with van der Waals surface area (Å²) in [5, 5.41) is 2.82. The third kappa shape index (κ3) is 2.74. The first-order chi connectivity index (χ1) is 9.41. The summed E-state index contributed by atoms with van der Waals surface area (Å²) in [6.07, 6.45) is 2.35. The SMILES string of the molecule is CC(Nc1cccc(F)c1)(C(N)=O)c1cncc(F)c1. The highest BCUT2D eigenvalue weighted by atomic mass is 19.1. The zero-order valence-electron chi connectivity index (χ0n) is 10.7. The van der Waals surface area contributed by atoms with Crippen LogP contribution in [-0.2, 0) is 10.3 Å². The molecule has 1 amide bonds. The first-order valence-electron chi connectivity index (χ1n) is 5.86. The first-order valence-corrected chi connectivity index (χ1v) is 5.86. The topological polar surface area (TPSA) is 68.0 Å². The van der Waals surface area contributed by atoms with E-state index in [0.717, 1.165) is 12.3 Å². The smallest absolute Gasteiger partial charge is 0.247 e. The number of anilines is 1. The van der Waals surface area contributed by atoms with E-state index in [-0.39, 0.29) is 5.56 Å². The molecule has 6 heteroatoms. The fourth-order valence-corrected chi connectivity index (χ4v) is 1.82. The van der Waals surface area contributed by atoms with Crippen LogP contribution in [0.15, 0.2) is 42.7 Å². The van der Waals surface area contributed by atoms with Crippen molar-refractivity contribution < 1.29 is 13.6 Å². The van der Waals surface area contributed by atoms with Crippen LogP contribution in [0.1, 0.15) is 12.5 Å². The molecule has 4 nitrogen and oxygen atoms in total. The van der Waals surface area contributed by atoms with Gasteiger partial charge in [-0.15, -0.1) is 0 Å². The van der Waals surface area contributed by atoms with Crippen LogP contribution in [0.5, 0.6) is 0 Å². The van der Waals surface area contributed by atoms with Crippen LogP contribution in [0.25, 0.3) is 0 Å². The summed E-state index contributed by atoms with van der Waals surface area (Å²) >= 11 is 0. The second kappa shape index (κ2) is 5.24. The zero-order valence-corrected chi connectivity index (χ0v) is 10.7. The number of hydrogen-bond acceptors (Lipinski definition) is 3. The van der Waals surface area contributed by atoms with Gasteiger partial charge in [0.2, 0.25) is 5.91 Å². The number of aromatic nitrogens is 1. The molecule has 104 valence electrons. The minimum atomic E-state index is -1.40. The van der Waals surface area contributed by atoms with Crippen LogP contribution in [0.4, 0.5) is 14.5 Å². The number of nitrogens with one attached hydrogen (secondary N) is 1. The Kier molecular flexibility index (Phi) is 3.65. The lowest BCUT2D eigenvalue weighted by molar-refractivity contribution is -0.122.